The zero-order chi connectivity index (χ0) is 13.1. The Balaban J connectivity index is 2.11. The molecule has 2 aromatic rings. The van der Waals surface area contributed by atoms with E-state index in [1.165, 1.54) is 11.3 Å². The van der Waals surface area contributed by atoms with Crippen LogP contribution in [0.15, 0.2) is 21.3 Å². The minimum Gasteiger partial charge on any atom is -0.375 e. The van der Waals surface area contributed by atoms with Crippen LogP contribution in [-0.4, -0.2) is 22.3 Å². The van der Waals surface area contributed by atoms with Gasteiger partial charge >= 0.3 is 0 Å². The molecule has 0 radical (unpaired) electrons. The van der Waals surface area contributed by atoms with Crippen molar-refractivity contribution in [3.63, 3.8) is 0 Å². The van der Waals surface area contributed by atoms with Gasteiger partial charge in [0.05, 0.1) is 10.3 Å². The van der Waals surface area contributed by atoms with E-state index >= 15 is 0 Å². The van der Waals surface area contributed by atoms with Crippen LogP contribution in [0.25, 0.3) is 0 Å². The number of rotatable bonds is 4. The lowest BCUT2D eigenvalue weighted by molar-refractivity contribution is 0.0749. The summed E-state index contributed by atoms with van der Waals surface area (Å²) in [5, 5.41) is 2.12. The number of carbonyl (C=O) groups excluding carboxylic acids is 1. The summed E-state index contributed by atoms with van der Waals surface area (Å²) in [5.41, 5.74) is 5.97. The number of hydrogen-bond donors (Lipinski definition) is 1. The molecule has 18 heavy (non-hydrogen) atoms. The molecule has 0 fully saturated rings. The average Bonchev–Trinajstić information content (AvgIpc) is 2.94. The minimum atomic E-state index is -0.0741. The van der Waals surface area contributed by atoms with Gasteiger partial charge in [0.1, 0.15) is 5.69 Å². The zero-order valence-electron chi connectivity index (χ0n) is 9.72. The summed E-state index contributed by atoms with van der Waals surface area (Å²) < 4.78 is 1.07. The molecule has 2 aromatic heterocycles. The topological polar surface area (TPSA) is 59.2 Å². The third-order valence-corrected chi connectivity index (χ3v) is 4.67. The van der Waals surface area contributed by atoms with Gasteiger partial charge in [0, 0.05) is 16.8 Å². The van der Waals surface area contributed by atoms with E-state index in [0.717, 1.165) is 8.66 Å². The maximum atomic E-state index is 12.2. The quantitative estimate of drug-likeness (QED) is 0.925. The van der Waals surface area contributed by atoms with Crippen molar-refractivity contribution in [1.29, 1.82) is 0 Å². The van der Waals surface area contributed by atoms with Crippen LogP contribution in [-0.2, 0) is 6.54 Å². The highest BCUT2D eigenvalue weighted by atomic mass is 79.9. The Morgan fingerprint density at radius 2 is 2.33 bits per heavy atom. The molecule has 7 heteroatoms. The van der Waals surface area contributed by atoms with Gasteiger partial charge in [-0.1, -0.05) is 0 Å². The minimum absolute atomic E-state index is 0.0741. The molecular formula is C11H12BrN3OS2. The number of carbonyl (C=O) groups is 1. The number of amides is 1. The van der Waals surface area contributed by atoms with E-state index in [4.69, 9.17) is 5.73 Å². The van der Waals surface area contributed by atoms with E-state index in [0.29, 0.717) is 23.9 Å². The van der Waals surface area contributed by atoms with Gasteiger partial charge in [0.25, 0.3) is 5.91 Å². The predicted octanol–water partition coefficient (Wildman–Crippen LogP) is 3.21. The predicted molar refractivity (Wildman–Crippen MR) is 79.0 cm³/mol. The Kier molecular flexibility index (Phi) is 4.36. The molecule has 0 aliphatic rings. The van der Waals surface area contributed by atoms with Crippen LogP contribution >= 0.6 is 38.6 Å². The van der Waals surface area contributed by atoms with E-state index in [-0.39, 0.29) is 5.91 Å². The van der Waals surface area contributed by atoms with Crippen molar-refractivity contribution in [3.05, 3.63) is 31.9 Å². The Morgan fingerprint density at radius 3 is 2.83 bits per heavy atom. The van der Waals surface area contributed by atoms with Crippen LogP contribution < -0.4 is 5.73 Å². The Bertz CT molecular complexity index is 552. The van der Waals surface area contributed by atoms with E-state index in [2.05, 4.69) is 20.9 Å². The Labute approximate surface area is 122 Å². The maximum absolute atomic E-state index is 12.2. The van der Waals surface area contributed by atoms with Crippen molar-refractivity contribution in [2.75, 3.05) is 12.3 Å². The summed E-state index contributed by atoms with van der Waals surface area (Å²) in [6.07, 6.45) is 0. The second-order valence-corrected chi connectivity index (χ2v) is 7.03. The lowest BCUT2D eigenvalue weighted by Gasteiger charge is -2.18. The molecular weight excluding hydrogens is 334 g/mol. The first-order valence-corrected chi connectivity index (χ1v) is 7.83. The lowest BCUT2D eigenvalue weighted by atomic mass is 10.3. The van der Waals surface area contributed by atoms with Crippen LogP contribution in [0.3, 0.4) is 0 Å². The van der Waals surface area contributed by atoms with Crippen molar-refractivity contribution in [1.82, 2.24) is 9.88 Å². The van der Waals surface area contributed by atoms with E-state index in [1.54, 1.807) is 21.6 Å². The third kappa shape index (κ3) is 3.09. The number of nitrogens with zero attached hydrogens (tertiary/aromatic N) is 2. The lowest BCUT2D eigenvalue weighted by Crippen LogP contribution is -2.30. The van der Waals surface area contributed by atoms with E-state index < -0.39 is 0 Å². The molecule has 2 N–H and O–H groups in total. The van der Waals surface area contributed by atoms with Gasteiger partial charge < -0.3 is 10.6 Å². The summed E-state index contributed by atoms with van der Waals surface area (Å²) in [6, 6.07) is 4.00. The Hall–Kier alpha value is -0.920. The van der Waals surface area contributed by atoms with E-state index in [9.17, 15) is 4.79 Å². The molecule has 2 rings (SSSR count). The molecule has 2 heterocycles. The number of thiazole rings is 1. The average molecular weight is 346 g/mol. The second kappa shape index (κ2) is 5.81. The van der Waals surface area contributed by atoms with Crippen LogP contribution in [0, 0.1) is 0 Å². The first-order chi connectivity index (χ1) is 8.60. The normalized spacial score (nSPS) is 10.6. The zero-order valence-corrected chi connectivity index (χ0v) is 12.9. The van der Waals surface area contributed by atoms with Gasteiger partial charge in [-0.05, 0) is 35.0 Å². The molecule has 1 amide bonds. The fraction of sp³-hybridized carbons (Fsp3) is 0.273. The third-order valence-electron chi connectivity index (χ3n) is 2.39. The number of nitrogens with two attached hydrogens (primary N) is 1. The molecule has 0 aromatic carbocycles. The van der Waals surface area contributed by atoms with Crippen LogP contribution in [0.2, 0.25) is 0 Å². The molecule has 0 saturated carbocycles. The fourth-order valence-corrected chi connectivity index (χ4v) is 3.54. The molecule has 0 aliphatic carbocycles. The standard InChI is InChI=1S/C11H12BrN3OS2/c1-2-15(5-7-3-4-9(12)18-7)10(16)8-6-17-11(13)14-8/h3-4,6H,2,5H2,1H3,(H2,13,14). The van der Waals surface area contributed by atoms with Gasteiger partial charge in [-0.2, -0.15) is 0 Å². The molecule has 0 atom stereocenters. The van der Waals surface area contributed by atoms with Crippen molar-refractivity contribution >= 4 is 49.6 Å². The summed E-state index contributed by atoms with van der Waals surface area (Å²) >= 11 is 6.33. The molecule has 0 spiro atoms. The van der Waals surface area contributed by atoms with Gasteiger partial charge in [-0.25, -0.2) is 4.98 Å². The summed E-state index contributed by atoms with van der Waals surface area (Å²) in [5.74, 6) is -0.0741. The monoisotopic (exact) mass is 345 g/mol. The SMILES string of the molecule is CCN(Cc1ccc(Br)s1)C(=O)c1csc(N)n1. The molecule has 0 aliphatic heterocycles. The molecule has 0 unspecified atom stereocenters. The van der Waals surface area contributed by atoms with Crippen LogP contribution in [0.5, 0.6) is 0 Å². The van der Waals surface area contributed by atoms with Crippen LogP contribution in [0.4, 0.5) is 5.13 Å². The molecule has 0 saturated heterocycles. The van der Waals surface area contributed by atoms with Crippen LogP contribution in [0.1, 0.15) is 22.3 Å². The highest BCUT2D eigenvalue weighted by molar-refractivity contribution is 9.11. The van der Waals surface area contributed by atoms with Crippen molar-refractivity contribution < 1.29 is 4.79 Å². The Morgan fingerprint density at radius 1 is 1.56 bits per heavy atom. The first-order valence-electron chi connectivity index (χ1n) is 5.34. The number of anilines is 1. The molecule has 96 valence electrons. The number of nitrogen functional groups attached to an aromatic ring is 1. The van der Waals surface area contributed by atoms with E-state index in [1.807, 2.05) is 19.1 Å². The molecule has 4 nitrogen and oxygen atoms in total. The van der Waals surface area contributed by atoms with Gasteiger partial charge in [0.2, 0.25) is 0 Å². The van der Waals surface area contributed by atoms with Gasteiger partial charge in [-0.3, -0.25) is 4.79 Å². The number of halogens is 1. The summed E-state index contributed by atoms with van der Waals surface area (Å²) in [7, 11) is 0. The number of hydrogen-bond acceptors (Lipinski definition) is 5. The largest absolute Gasteiger partial charge is 0.375 e. The highest BCUT2D eigenvalue weighted by Crippen LogP contribution is 2.24. The summed E-state index contributed by atoms with van der Waals surface area (Å²) in [4.78, 5) is 19.1. The van der Waals surface area contributed by atoms with Gasteiger partial charge in [-0.15, -0.1) is 22.7 Å². The fourth-order valence-electron chi connectivity index (χ4n) is 1.50. The molecule has 0 bridgehead atoms. The van der Waals surface area contributed by atoms with Crippen molar-refractivity contribution in [2.24, 2.45) is 0 Å². The summed E-state index contributed by atoms with van der Waals surface area (Å²) in [6.45, 7) is 3.20. The number of aromatic nitrogens is 1. The van der Waals surface area contributed by atoms with Crippen molar-refractivity contribution in [2.45, 2.75) is 13.5 Å². The smallest absolute Gasteiger partial charge is 0.273 e. The van der Waals surface area contributed by atoms with Gasteiger partial charge in [0.15, 0.2) is 5.13 Å². The second-order valence-electron chi connectivity index (χ2n) is 3.60. The number of thiophene rings is 1. The van der Waals surface area contributed by atoms with Crippen molar-refractivity contribution in [3.8, 4) is 0 Å². The maximum Gasteiger partial charge on any atom is 0.273 e. The highest BCUT2D eigenvalue weighted by Gasteiger charge is 2.17. The first kappa shape index (κ1) is 13.5.